The van der Waals surface area contributed by atoms with Gasteiger partial charge in [-0.2, -0.15) is 0 Å². The highest BCUT2D eigenvalue weighted by molar-refractivity contribution is 5.92. The van der Waals surface area contributed by atoms with E-state index in [0.717, 1.165) is 18.9 Å². The van der Waals surface area contributed by atoms with Crippen LogP contribution in [0.2, 0.25) is 0 Å². The molecule has 0 aliphatic heterocycles. The molecule has 92 valence electrons. The summed E-state index contributed by atoms with van der Waals surface area (Å²) in [6, 6.07) is 5.15. The third-order valence-electron chi connectivity index (χ3n) is 3.19. The van der Waals surface area contributed by atoms with Gasteiger partial charge >= 0.3 is 0 Å². The highest BCUT2D eigenvalue weighted by Gasteiger charge is 2.17. The standard InChI is InChI=1S/C12H18N4O/c13-16-11-6-2-5-10(15-11)12(17)14-8-7-9-3-1-4-9/h2,5-6,9H,1,3-4,7-8,13H2,(H,14,17)(H,15,16). The molecule has 1 aromatic heterocycles. The lowest BCUT2D eigenvalue weighted by molar-refractivity contribution is 0.0944. The van der Waals surface area contributed by atoms with Crippen molar-refractivity contribution in [3.05, 3.63) is 23.9 Å². The largest absolute Gasteiger partial charge is 0.351 e. The van der Waals surface area contributed by atoms with Gasteiger partial charge in [0.25, 0.3) is 5.91 Å². The smallest absolute Gasteiger partial charge is 0.269 e. The Morgan fingerprint density at radius 2 is 2.29 bits per heavy atom. The topological polar surface area (TPSA) is 80.0 Å². The predicted molar refractivity (Wildman–Crippen MR) is 66.3 cm³/mol. The molecule has 5 heteroatoms. The van der Waals surface area contributed by atoms with Crippen molar-refractivity contribution in [1.29, 1.82) is 0 Å². The molecule has 1 aliphatic carbocycles. The van der Waals surface area contributed by atoms with Gasteiger partial charge in [0, 0.05) is 6.54 Å². The summed E-state index contributed by atoms with van der Waals surface area (Å²) in [5, 5.41) is 2.88. The van der Waals surface area contributed by atoms with Gasteiger partial charge in [-0.3, -0.25) is 4.79 Å². The van der Waals surface area contributed by atoms with Crippen LogP contribution in [0.5, 0.6) is 0 Å². The van der Waals surface area contributed by atoms with E-state index in [1.165, 1.54) is 19.3 Å². The second-order valence-electron chi connectivity index (χ2n) is 4.39. The number of nitrogens with zero attached hydrogens (tertiary/aromatic N) is 1. The van der Waals surface area contributed by atoms with Crippen molar-refractivity contribution in [3.63, 3.8) is 0 Å². The molecule has 1 saturated carbocycles. The van der Waals surface area contributed by atoms with E-state index in [0.29, 0.717) is 11.5 Å². The third-order valence-corrected chi connectivity index (χ3v) is 3.19. The number of aromatic nitrogens is 1. The maximum absolute atomic E-state index is 11.8. The first-order valence-corrected chi connectivity index (χ1v) is 6.01. The summed E-state index contributed by atoms with van der Waals surface area (Å²) < 4.78 is 0. The van der Waals surface area contributed by atoms with E-state index in [4.69, 9.17) is 5.84 Å². The number of carbonyl (C=O) groups excluding carboxylic acids is 1. The lowest BCUT2D eigenvalue weighted by Crippen LogP contribution is -2.28. The zero-order chi connectivity index (χ0) is 12.1. The van der Waals surface area contributed by atoms with Gasteiger partial charge in [0.1, 0.15) is 11.5 Å². The number of hydrazine groups is 1. The average Bonchev–Trinajstić information content (AvgIpc) is 2.32. The first-order valence-electron chi connectivity index (χ1n) is 6.01. The van der Waals surface area contributed by atoms with Crippen LogP contribution in [0.25, 0.3) is 0 Å². The molecule has 0 atom stereocenters. The van der Waals surface area contributed by atoms with Gasteiger partial charge in [0.2, 0.25) is 0 Å². The number of amides is 1. The van der Waals surface area contributed by atoms with Crippen LogP contribution >= 0.6 is 0 Å². The normalized spacial score (nSPS) is 15.1. The van der Waals surface area contributed by atoms with Crippen molar-refractivity contribution in [1.82, 2.24) is 10.3 Å². The van der Waals surface area contributed by atoms with Gasteiger partial charge in [-0.05, 0) is 24.5 Å². The molecule has 1 aromatic rings. The molecule has 1 heterocycles. The summed E-state index contributed by atoms with van der Waals surface area (Å²) in [6.45, 7) is 0.728. The Kier molecular flexibility index (Phi) is 3.93. The number of nitrogen functional groups attached to an aromatic ring is 1. The number of hydrogen-bond acceptors (Lipinski definition) is 4. The quantitative estimate of drug-likeness (QED) is 0.529. The van der Waals surface area contributed by atoms with Crippen LogP contribution in [-0.2, 0) is 0 Å². The van der Waals surface area contributed by atoms with Gasteiger partial charge in [0.15, 0.2) is 0 Å². The lowest BCUT2D eigenvalue weighted by atomic mass is 9.83. The van der Waals surface area contributed by atoms with Crippen LogP contribution in [0.15, 0.2) is 18.2 Å². The van der Waals surface area contributed by atoms with Crippen molar-refractivity contribution in [3.8, 4) is 0 Å². The van der Waals surface area contributed by atoms with Crippen molar-refractivity contribution >= 4 is 11.7 Å². The minimum atomic E-state index is -0.138. The van der Waals surface area contributed by atoms with E-state index in [1.807, 2.05) is 0 Å². The van der Waals surface area contributed by atoms with E-state index >= 15 is 0 Å². The minimum absolute atomic E-state index is 0.138. The van der Waals surface area contributed by atoms with Gasteiger partial charge in [0.05, 0.1) is 0 Å². The molecule has 1 aliphatic rings. The van der Waals surface area contributed by atoms with Crippen molar-refractivity contribution in [2.45, 2.75) is 25.7 Å². The van der Waals surface area contributed by atoms with Gasteiger partial charge in [-0.1, -0.05) is 25.3 Å². The molecule has 0 radical (unpaired) electrons. The highest BCUT2D eigenvalue weighted by atomic mass is 16.1. The molecule has 0 saturated heterocycles. The van der Waals surface area contributed by atoms with E-state index in [1.54, 1.807) is 18.2 Å². The molecule has 2 rings (SSSR count). The van der Waals surface area contributed by atoms with Crippen LogP contribution in [0.1, 0.15) is 36.2 Å². The molecule has 17 heavy (non-hydrogen) atoms. The lowest BCUT2D eigenvalue weighted by Gasteiger charge is -2.25. The Labute approximate surface area is 101 Å². The van der Waals surface area contributed by atoms with Crippen LogP contribution in [0, 0.1) is 5.92 Å². The molecular formula is C12H18N4O. The van der Waals surface area contributed by atoms with Gasteiger partial charge < -0.3 is 10.7 Å². The molecule has 1 amide bonds. The molecule has 0 bridgehead atoms. The SMILES string of the molecule is NNc1cccc(C(=O)NCCC2CCC2)n1. The summed E-state index contributed by atoms with van der Waals surface area (Å²) in [4.78, 5) is 15.8. The maximum atomic E-state index is 11.8. The Morgan fingerprint density at radius 1 is 1.47 bits per heavy atom. The van der Waals surface area contributed by atoms with Crippen LogP contribution in [0.3, 0.4) is 0 Å². The number of nitrogens with one attached hydrogen (secondary N) is 2. The van der Waals surface area contributed by atoms with Crippen LogP contribution in [-0.4, -0.2) is 17.4 Å². The molecule has 0 aromatic carbocycles. The van der Waals surface area contributed by atoms with Crippen molar-refractivity contribution < 1.29 is 4.79 Å². The summed E-state index contributed by atoms with van der Waals surface area (Å²) in [6.07, 6.45) is 5.02. The van der Waals surface area contributed by atoms with E-state index < -0.39 is 0 Å². The highest BCUT2D eigenvalue weighted by Crippen LogP contribution is 2.28. The van der Waals surface area contributed by atoms with E-state index in [-0.39, 0.29) is 5.91 Å². The number of carbonyl (C=O) groups is 1. The van der Waals surface area contributed by atoms with Crippen LogP contribution in [0.4, 0.5) is 5.82 Å². The van der Waals surface area contributed by atoms with Crippen molar-refractivity contribution in [2.75, 3.05) is 12.0 Å². The number of rotatable bonds is 5. The number of hydrogen-bond donors (Lipinski definition) is 3. The summed E-state index contributed by atoms with van der Waals surface area (Å²) >= 11 is 0. The Hall–Kier alpha value is -1.62. The average molecular weight is 234 g/mol. The fourth-order valence-corrected chi connectivity index (χ4v) is 1.90. The Morgan fingerprint density at radius 3 is 2.94 bits per heavy atom. The molecule has 5 nitrogen and oxygen atoms in total. The second-order valence-corrected chi connectivity index (χ2v) is 4.39. The first kappa shape index (κ1) is 11.9. The number of anilines is 1. The third kappa shape index (κ3) is 3.17. The Bertz CT molecular complexity index is 390. The number of nitrogens with two attached hydrogens (primary N) is 1. The zero-order valence-electron chi connectivity index (χ0n) is 9.78. The van der Waals surface area contributed by atoms with Gasteiger partial charge in [-0.25, -0.2) is 10.8 Å². The fourth-order valence-electron chi connectivity index (χ4n) is 1.90. The van der Waals surface area contributed by atoms with E-state index in [2.05, 4.69) is 15.7 Å². The summed E-state index contributed by atoms with van der Waals surface area (Å²) in [5.41, 5.74) is 2.82. The van der Waals surface area contributed by atoms with Crippen LogP contribution < -0.4 is 16.6 Å². The molecule has 0 spiro atoms. The Balaban J connectivity index is 1.81. The molecule has 0 unspecified atom stereocenters. The zero-order valence-corrected chi connectivity index (χ0v) is 9.78. The van der Waals surface area contributed by atoms with Crippen molar-refractivity contribution in [2.24, 2.45) is 11.8 Å². The second kappa shape index (κ2) is 5.63. The summed E-state index contributed by atoms with van der Waals surface area (Å²) in [5.74, 6) is 6.41. The first-order chi connectivity index (χ1) is 8.29. The molecular weight excluding hydrogens is 216 g/mol. The fraction of sp³-hybridized carbons (Fsp3) is 0.500. The number of pyridine rings is 1. The van der Waals surface area contributed by atoms with E-state index in [9.17, 15) is 4.79 Å². The summed E-state index contributed by atoms with van der Waals surface area (Å²) in [7, 11) is 0. The minimum Gasteiger partial charge on any atom is -0.351 e. The molecule has 4 N–H and O–H groups in total. The molecule has 1 fully saturated rings. The predicted octanol–water partition coefficient (Wildman–Crippen LogP) is 1.29. The monoisotopic (exact) mass is 234 g/mol. The van der Waals surface area contributed by atoms with Gasteiger partial charge in [-0.15, -0.1) is 0 Å². The maximum Gasteiger partial charge on any atom is 0.269 e.